The van der Waals surface area contributed by atoms with Gasteiger partial charge in [0.05, 0.1) is 24.6 Å². The van der Waals surface area contributed by atoms with Crippen LogP contribution in [0.2, 0.25) is 0 Å². The Balaban J connectivity index is 1.47. The average molecular weight is 442 g/mol. The summed E-state index contributed by atoms with van der Waals surface area (Å²) in [6.07, 6.45) is -1.50. The van der Waals surface area contributed by atoms with Crippen molar-refractivity contribution in [1.29, 1.82) is 0 Å². The van der Waals surface area contributed by atoms with Crippen molar-refractivity contribution in [3.05, 3.63) is 23.9 Å². The zero-order valence-electron chi connectivity index (χ0n) is 17.7. The van der Waals surface area contributed by atoms with Crippen molar-refractivity contribution in [2.75, 3.05) is 57.3 Å². The molecule has 0 radical (unpaired) electrons. The highest BCUT2D eigenvalue weighted by atomic mass is 19.4. The maximum atomic E-state index is 12.7. The number of pyridine rings is 1. The van der Waals surface area contributed by atoms with Crippen LogP contribution in [0.3, 0.4) is 0 Å². The Morgan fingerprint density at radius 3 is 2.45 bits per heavy atom. The summed E-state index contributed by atoms with van der Waals surface area (Å²) in [4.78, 5) is 34.4. The van der Waals surface area contributed by atoms with Gasteiger partial charge in [-0.05, 0) is 38.3 Å². The molecule has 0 spiro atoms. The van der Waals surface area contributed by atoms with E-state index in [1.165, 1.54) is 6.07 Å². The van der Waals surface area contributed by atoms with Crippen LogP contribution in [0.15, 0.2) is 18.3 Å². The van der Waals surface area contributed by atoms with Gasteiger partial charge in [0.1, 0.15) is 5.82 Å². The van der Waals surface area contributed by atoms with Crippen LogP contribution in [0, 0.1) is 5.92 Å². The van der Waals surface area contributed by atoms with Gasteiger partial charge in [0.15, 0.2) is 0 Å². The number of halogens is 3. The number of carbonyl (C=O) groups excluding carboxylic acids is 2. The van der Waals surface area contributed by atoms with E-state index < -0.39 is 11.7 Å². The van der Waals surface area contributed by atoms with E-state index in [1.807, 2.05) is 4.90 Å². The number of alkyl halides is 3. The van der Waals surface area contributed by atoms with E-state index >= 15 is 0 Å². The zero-order chi connectivity index (χ0) is 22.4. The lowest BCUT2D eigenvalue weighted by Gasteiger charge is -2.32. The second-order valence-electron chi connectivity index (χ2n) is 7.93. The molecule has 10 heteroatoms. The van der Waals surface area contributed by atoms with Gasteiger partial charge in [-0.1, -0.05) is 0 Å². The molecule has 0 bridgehead atoms. The Morgan fingerprint density at radius 1 is 1.10 bits per heavy atom. The normalized spacial score (nSPS) is 19.2. The first-order valence-corrected chi connectivity index (χ1v) is 10.7. The Labute approximate surface area is 180 Å². The second-order valence-corrected chi connectivity index (χ2v) is 7.93. The van der Waals surface area contributed by atoms with Gasteiger partial charge in [0, 0.05) is 45.5 Å². The summed E-state index contributed by atoms with van der Waals surface area (Å²) in [5, 5.41) is 0. The zero-order valence-corrected chi connectivity index (χ0v) is 17.7. The summed E-state index contributed by atoms with van der Waals surface area (Å²) in [6, 6.07) is 2.45. The van der Waals surface area contributed by atoms with Crippen LogP contribution in [0.25, 0.3) is 0 Å². The lowest BCUT2D eigenvalue weighted by atomic mass is 9.97. The quantitative estimate of drug-likeness (QED) is 0.653. The molecular weight excluding hydrogens is 413 g/mol. The summed E-state index contributed by atoms with van der Waals surface area (Å²) in [6.45, 7) is 6.20. The number of rotatable bonds is 5. The van der Waals surface area contributed by atoms with Crippen LogP contribution in [0.4, 0.5) is 19.0 Å². The molecule has 1 aromatic rings. The number of nitrogens with zero attached hydrogens (tertiary/aromatic N) is 4. The molecule has 3 rings (SSSR count). The Morgan fingerprint density at radius 2 is 1.84 bits per heavy atom. The molecule has 2 aliphatic rings. The molecule has 2 fully saturated rings. The molecule has 0 N–H and O–H groups in total. The smallest absolute Gasteiger partial charge is 0.417 e. The van der Waals surface area contributed by atoms with E-state index in [-0.39, 0.29) is 17.8 Å². The van der Waals surface area contributed by atoms with Gasteiger partial charge in [0.25, 0.3) is 0 Å². The fourth-order valence-corrected chi connectivity index (χ4v) is 4.01. The number of likely N-dealkylation sites (tertiary alicyclic amines) is 1. The fourth-order valence-electron chi connectivity index (χ4n) is 4.01. The lowest BCUT2D eigenvalue weighted by molar-refractivity contribution is -0.151. The number of esters is 1. The van der Waals surface area contributed by atoms with Gasteiger partial charge in [-0.25, -0.2) is 4.98 Å². The summed E-state index contributed by atoms with van der Waals surface area (Å²) in [5.74, 6) is 0.247. The molecule has 1 amide bonds. The molecule has 31 heavy (non-hydrogen) atoms. The first-order chi connectivity index (χ1) is 14.8. The molecule has 7 nitrogen and oxygen atoms in total. The third-order valence-electron chi connectivity index (χ3n) is 5.81. The minimum Gasteiger partial charge on any atom is -0.466 e. The van der Waals surface area contributed by atoms with Crippen LogP contribution < -0.4 is 4.90 Å². The van der Waals surface area contributed by atoms with Crippen molar-refractivity contribution in [3.8, 4) is 0 Å². The molecule has 3 heterocycles. The molecule has 2 saturated heterocycles. The number of aromatic nitrogens is 1. The number of hydrogen-bond acceptors (Lipinski definition) is 6. The number of hydrogen-bond donors (Lipinski definition) is 0. The van der Waals surface area contributed by atoms with Crippen LogP contribution in [0.1, 0.15) is 31.7 Å². The average Bonchev–Trinajstić information content (AvgIpc) is 2.99. The van der Waals surface area contributed by atoms with E-state index in [0.717, 1.165) is 25.2 Å². The molecule has 0 saturated carbocycles. The van der Waals surface area contributed by atoms with Crippen molar-refractivity contribution in [1.82, 2.24) is 14.8 Å². The molecule has 0 aliphatic carbocycles. The molecule has 0 atom stereocenters. The van der Waals surface area contributed by atoms with Crippen LogP contribution in [-0.2, 0) is 20.5 Å². The van der Waals surface area contributed by atoms with Crippen molar-refractivity contribution < 1.29 is 27.5 Å². The van der Waals surface area contributed by atoms with Crippen molar-refractivity contribution in [2.45, 2.75) is 32.4 Å². The van der Waals surface area contributed by atoms with Gasteiger partial charge < -0.3 is 14.5 Å². The lowest BCUT2D eigenvalue weighted by Crippen LogP contribution is -2.46. The van der Waals surface area contributed by atoms with Gasteiger partial charge in [-0.3, -0.25) is 14.5 Å². The highest BCUT2D eigenvalue weighted by Gasteiger charge is 2.31. The summed E-state index contributed by atoms with van der Waals surface area (Å²) in [5.41, 5.74) is -0.759. The minimum absolute atomic E-state index is 0.0448. The third-order valence-corrected chi connectivity index (χ3v) is 5.81. The summed E-state index contributed by atoms with van der Waals surface area (Å²) in [7, 11) is 0. The first-order valence-electron chi connectivity index (χ1n) is 10.7. The standard InChI is InChI=1S/C21H29F3N4O3/c1-2-31-20(30)16-6-10-28(11-7-16)19(29)15-26-8-3-9-27(13-12-26)18-5-4-17(14-25-18)21(22,23)24/h4-5,14,16H,2-3,6-13,15H2,1H3. The molecule has 172 valence electrons. The number of amides is 1. The van der Waals surface area contributed by atoms with Crippen molar-refractivity contribution in [3.63, 3.8) is 0 Å². The first kappa shape index (κ1) is 23.3. The van der Waals surface area contributed by atoms with Crippen LogP contribution in [-0.4, -0.2) is 79.1 Å². The maximum absolute atomic E-state index is 12.7. The molecular formula is C21H29F3N4O3. The number of carbonyl (C=O) groups is 2. The van der Waals surface area contributed by atoms with E-state index in [4.69, 9.17) is 4.74 Å². The van der Waals surface area contributed by atoms with Crippen molar-refractivity contribution in [2.24, 2.45) is 5.92 Å². The number of anilines is 1. The maximum Gasteiger partial charge on any atom is 0.417 e. The van der Waals surface area contributed by atoms with E-state index in [9.17, 15) is 22.8 Å². The van der Waals surface area contributed by atoms with E-state index in [1.54, 1.807) is 11.8 Å². The molecule has 0 unspecified atom stereocenters. The predicted molar refractivity (Wildman–Crippen MR) is 108 cm³/mol. The topological polar surface area (TPSA) is 66.0 Å². The Bertz CT molecular complexity index is 749. The van der Waals surface area contributed by atoms with Crippen LogP contribution >= 0.6 is 0 Å². The summed E-state index contributed by atoms with van der Waals surface area (Å²) < 4.78 is 43.3. The summed E-state index contributed by atoms with van der Waals surface area (Å²) >= 11 is 0. The van der Waals surface area contributed by atoms with E-state index in [2.05, 4.69) is 9.88 Å². The number of ether oxygens (including phenoxy) is 1. The van der Waals surface area contributed by atoms with Crippen molar-refractivity contribution >= 4 is 17.7 Å². The Kier molecular flexibility index (Phi) is 7.74. The molecule has 0 aromatic carbocycles. The van der Waals surface area contributed by atoms with Gasteiger partial charge in [-0.2, -0.15) is 13.2 Å². The minimum atomic E-state index is -4.40. The fraction of sp³-hybridized carbons (Fsp3) is 0.667. The van der Waals surface area contributed by atoms with Gasteiger partial charge >= 0.3 is 12.1 Å². The molecule has 1 aromatic heterocycles. The van der Waals surface area contributed by atoms with Gasteiger partial charge in [-0.15, -0.1) is 0 Å². The largest absolute Gasteiger partial charge is 0.466 e. The van der Waals surface area contributed by atoms with Crippen LogP contribution in [0.5, 0.6) is 0 Å². The predicted octanol–water partition coefficient (Wildman–Crippen LogP) is 2.41. The third kappa shape index (κ3) is 6.32. The Hall–Kier alpha value is -2.36. The second kappa shape index (κ2) is 10.3. The highest BCUT2D eigenvalue weighted by Crippen LogP contribution is 2.29. The highest BCUT2D eigenvalue weighted by molar-refractivity contribution is 5.79. The SMILES string of the molecule is CCOC(=O)C1CCN(C(=O)CN2CCCN(c3ccc(C(F)(F)F)cn3)CC2)CC1. The van der Waals surface area contributed by atoms with E-state index in [0.29, 0.717) is 64.5 Å². The number of piperidine rings is 1. The monoisotopic (exact) mass is 442 g/mol. The van der Waals surface area contributed by atoms with Gasteiger partial charge in [0.2, 0.25) is 5.91 Å². The molecule has 2 aliphatic heterocycles.